The van der Waals surface area contributed by atoms with Gasteiger partial charge < -0.3 is 4.40 Å². The molecule has 0 aliphatic heterocycles. The molecule has 14 aromatic rings. The van der Waals surface area contributed by atoms with Crippen LogP contribution in [0.25, 0.3) is 132 Å². The molecule has 10 aromatic carbocycles. The number of benzene rings is 10. The zero-order valence-electron chi connectivity index (χ0n) is 33.4. The number of rotatable bonds is 4. The summed E-state index contributed by atoms with van der Waals surface area (Å²) in [5.74, 6) is 0.650. The lowest BCUT2D eigenvalue weighted by Crippen LogP contribution is -2.03. The van der Waals surface area contributed by atoms with Gasteiger partial charge in [0.05, 0.1) is 38.8 Å². The zero-order chi connectivity index (χ0) is 40.5. The number of para-hydroxylation sites is 2. The maximum atomic E-state index is 5.62. The molecule has 0 unspecified atom stereocenters. The van der Waals surface area contributed by atoms with Crippen molar-refractivity contribution in [3.8, 4) is 39.5 Å². The molecular weight excluding hydrogens is 753 g/mol. The molecule has 0 saturated carbocycles. The molecule has 0 aliphatic carbocycles. The Labute approximate surface area is 355 Å². The fraction of sp³-hybridized carbons (Fsp3) is 0. The molecule has 4 nitrogen and oxygen atoms in total. The number of hydrogen-bond donors (Lipinski definition) is 0. The van der Waals surface area contributed by atoms with E-state index in [-0.39, 0.29) is 0 Å². The first kappa shape index (κ1) is 33.5. The molecule has 0 atom stereocenters. The van der Waals surface area contributed by atoms with Gasteiger partial charge in [-0.2, -0.15) is 0 Å². The van der Waals surface area contributed by atoms with Gasteiger partial charge in [-0.25, -0.2) is 9.97 Å². The molecular formula is C58H34N4. The Bertz CT molecular complexity index is 4140. The normalized spacial score (nSPS) is 12.2. The van der Waals surface area contributed by atoms with Crippen LogP contribution in [0.4, 0.5) is 0 Å². The smallest absolute Gasteiger partial charge is 0.235 e. The fourth-order valence-corrected chi connectivity index (χ4v) is 10.4. The first-order valence-corrected chi connectivity index (χ1v) is 21.2. The van der Waals surface area contributed by atoms with Crippen molar-refractivity contribution in [2.24, 2.45) is 0 Å². The largest absolute Gasteiger partial charge is 0.308 e. The number of hydrogen-bond acceptors (Lipinski definition) is 2. The highest BCUT2D eigenvalue weighted by Crippen LogP contribution is 2.48. The highest BCUT2D eigenvalue weighted by atomic mass is 15.2. The average Bonchev–Trinajstić information content (AvgIpc) is 3.98. The molecule has 286 valence electrons. The van der Waals surface area contributed by atoms with Crippen LogP contribution in [0.5, 0.6) is 0 Å². The van der Waals surface area contributed by atoms with Gasteiger partial charge in [-0.3, -0.25) is 4.57 Å². The summed E-state index contributed by atoms with van der Waals surface area (Å²) in [4.78, 5) is 11.0. The topological polar surface area (TPSA) is 35.1 Å². The predicted molar refractivity (Wildman–Crippen MR) is 260 cm³/mol. The lowest BCUT2D eigenvalue weighted by molar-refractivity contribution is 1.01. The van der Waals surface area contributed by atoms with Crippen molar-refractivity contribution in [1.82, 2.24) is 18.9 Å². The lowest BCUT2D eigenvalue weighted by Gasteiger charge is -2.13. The second-order valence-electron chi connectivity index (χ2n) is 16.5. The average molecular weight is 787 g/mol. The van der Waals surface area contributed by atoms with Crippen molar-refractivity contribution in [3.05, 3.63) is 206 Å². The molecule has 0 N–H and O–H groups in total. The Hall–Kier alpha value is -8.34. The van der Waals surface area contributed by atoms with Crippen molar-refractivity contribution in [3.63, 3.8) is 0 Å². The van der Waals surface area contributed by atoms with Crippen LogP contribution in [0.1, 0.15) is 0 Å². The summed E-state index contributed by atoms with van der Waals surface area (Å²) in [6, 6.07) is 74.8. The van der Waals surface area contributed by atoms with Gasteiger partial charge in [-0.05, 0) is 86.3 Å². The molecule has 4 heteroatoms. The van der Waals surface area contributed by atoms with Crippen LogP contribution >= 0.6 is 0 Å². The van der Waals surface area contributed by atoms with Crippen molar-refractivity contribution in [2.75, 3.05) is 0 Å². The van der Waals surface area contributed by atoms with E-state index in [1.165, 1.54) is 92.7 Å². The fourth-order valence-electron chi connectivity index (χ4n) is 10.4. The van der Waals surface area contributed by atoms with Crippen molar-refractivity contribution >= 4 is 92.3 Å². The lowest BCUT2D eigenvalue weighted by atomic mass is 9.98. The van der Waals surface area contributed by atoms with E-state index in [0.717, 1.165) is 33.2 Å². The Kier molecular flexibility index (Phi) is 6.80. The van der Waals surface area contributed by atoms with Gasteiger partial charge in [0, 0.05) is 43.3 Å². The number of aromatic nitrogens is 4. The monoisotopic (exact) mass is 786 g/mol. The van der Waals surface area contributed by atoms with Crippen LogP contribution < -0.4 is 0 Å². The van der Waals surface area contributed by atoms with Crippen LogP contribution in [0.15, 0.2) is 206 Å². The van der Waals surface area contributed by atoms with Crippen LogP contribution in [0.3, 0.4) is 0 Å². The quantitative estimate of drug-likeness (QED) is 0.167. The molecule has 0 amide bonds. The molecule has 4 heterocycles. The highest BCUT2D eigenvalue weighted by Gasteiger charge is 2.26. The molecule has 14 rings (SSSR count). The SMILES string of the molecule is c1ccc(-c2ccc3c(c2)c2c4c5ccccc5n5c6cc(-c7ccccc7)ccc6c(cc2n3-c2nc(-c3ccc6ccc7ccccc7c6c3)c3ccccc3n2)c45)cc1. The molecule has 0 saturated heterocycles. The third kappa shape index (κ3) is 4.66. The first-order valence-electron chi connectivity index (χ1n) is 21.2. The number of fused-ring (bicyclic) bond motifs is 14. The van der Waals surface area contributed by atoms with E-state index in [1.54, 1.807) is 0 Å². The van der Waals surface area contributed by atoms with Gasteiger partial charge in [0.2, 0.25) is 5.95 Å². The van der Waals surface area contributed by atoms with Gasteiger partial charge in [-0.1, -0.05) is 164 Å². The molecule has 0 bridgehead atoms. The van der Waals surface area contributed by atoms with Gasteiger partial charge in [-0.15, -0.1) is 0 Å². The predicted octanol–water partition coefficient (Wildman–Crippen LogP) is 15.2. The highest BCUT2D eigenvalue weighted by molar-refractivity contribution is 6.36. The molecule has 62 heavy (non-hydrogen) atoms. The molecule has 4 aromatic heterocycles. The Morgan fingerprint density at radius 2 is 0.935 bits per heavy atom. The standard InChI is InChI=1S/C58H34N4/c1-3-13-35(14-4-1)39-28-30-51-48(31-39)54-53(34-47-43-29-27-40(36-15-5-2-6-16-36)33-52(43)61-50-22-12-10-20-45(50)55(54)57(47)61)62(51)58-59-49-21-11-9-19-44(49)56(60-58)41-26-25-38-24-23-37-17-7-8-18-42(37)46(38)32-41/h1-34H. The van der Waals surface area contributed by atoms with E-state index in [4.69, 9.17) is 9.97 Å². The van der Waals surface area contributed by atoms with E-state index in [2.05, 4.69) is 215 Å². The Morgan fingerprint density at radius 3 is 1.76 bits per heavy atom. The first-order chi connectivity index (χ1) is 30.7. The minimum atomic E-state index is 0.650. The van der Waals surface area contributed by atoms with Crippen molar-refractivity contribution in [1.29, 1.82) is 0 Å². The van der Waals surface area contributed by atoms with E-state index >= 15 is 0 Å². The van der Waals surface area contributed by atoms with Crippen LogP contribution in [0, 0.1) is 0 Å². The van der Waals surface area contributed by atoms with Gasteiger partial charge in [0.25, 0.3) is 0 Å². The summed E-state index contributed by atoms with van der Waals surface area (Å²) in [7, 11) is 0. The third-order valence-corrected chi connectivity index (χ3v) is 13.2. The zero-order valence-corrected chi connectivity index (χ0v) is 33.4. The van der Waals surface area contributed by atoms with E-state index in [0.29, 0.717) is 5.95 Å². The van der Waals surface area contributed by atoms with E-state index in [1.807, 2.05) is 0 Å². The summed E-state index contributed by atoms with van der Waals surface area (Å²) in [5.41, 5.74) is 13.5. The summed E-state index contributed by atoms with van der Waals surface area (Å²) in [5, 5.41) is 13.2. The minimum Gasteiger partial charge on any atom is -0.308 e. The Balaban J connectivity index is 1.13. The van der Waals surface area contributed by atoms with Crippen molar-refractivity contribution < 1.29 is 0 Å². The van der Waals surface area contributed by atoms with Crippen molar-refractivity contribution in [2.45, 2.75) is 0 Å². The van der Waals surface area contributed by atoms with Crippen LogP contribution in [-0.4, -0.2) is 18.9 Å². The second kappa shape index (κ2) is 12.6. The maximum absolute atomic E-state index is 5.62. The summed E-state index contributed by atoms with van der Waals surface area (Å²) in [6.45, 7) is 0. The molecule has 0 spiro atoms. The summed E-state index contributed by atoms with van der Waals surface area (Å²) >= 11 is 0. The van der Waals surface area contributed by atoms with Gasteiger partial charge in [0.15, 0.2) is 0 Å². The maximum Gasteiger partial charge on any atom is 0.235 e. The Morgan fingerprint density at radius 1 is 0.306 bits per heavy atom. The van der Waals surface area contributed by atoms with Gasteiger partial charge >= 0.3 is 0 Å². The number of nitrogens with zero attached hydrogens (tertiary/aromatic N) is 4. The summed E-state index contributed by atoms with van der Waals surface area (Å²) < 4.78 is 4.82. The van der Waals surface area contributed by atoms with Gasteiger partial charge in [0.1, 0.15) is 0 Å². The van der Waals surface area contributed by atoms with Crippen LogP contribution in [0.2, 0.25) is 0 Å². The summed E-state index contributed by atoms with van der Waals surface area (Å²) in [6.07, 6.45) is 0. The van der Waals surface area contributed by atoms with E-state index < -0.39 is 0 Å². The van der Waals surface area contributed by atoms with Crippen LogP contribution in [-0.2, 0) is 0 Å². The molecule has 0 fully saturated rings. The molecule has 0 radical (unpaired) electrons. The third-order valence-electron chi connectivity index (χ3n) is 13.2. The second-order valence-corrected chi connectivity index (χ2v) is 16.5. The molecule has 0 aliphatic rings. The van der Waals surface area contributed by atoms with E-state index in [9.17, 15) is 0 Å². The minimum absolute atomic E-state index is 0.650.